The second-order valence-electron chi connectivity index (χ2n) is 7.74. The minimum absolute atomic E-state index is 0.210. The van der Waals surface area contributed by atoms with Crippen LogP contribution in [0.25, 0.3) is 0 Å². The molecule has 1 aromatic carbocycles. The first-order valence-electron chi connectivity index (χ1n) is 9.74. The number of hydrogen-bond acceptors (Lipinski definition) is 3. The molecule has 0 heterocycles. The Morgan fingerprint density at radius 2 is 1.07 bits per heavy atom. The van der Waals surface area contributed by atoms with Crippen LogP contribution >= 0.6 is 0 Å². The SMILES string of the molecule is CC(C)OC(=O)Nc1ccc(OC(F)=C(F)C(F)(F)C(F)(F)C(F)(F)C(F)(F)C(F)(F)C(F)(F)C(F)(F)F)cc1. The van der Waals surface area contributed by atoms with Gasteiger partial charge in [0.05, 0.1) is 6.10 Å². The van der Waals surface area contributed by atoms with Crippen molar-refractivity contribution in [2.75, 3.05) is 5.32 Å². The van der Waals surface area contributed by atoms with Crippen molar-refractivity contribution >= 4 is 11.8 Å². The Morgan fingerprint density at radius 3 is 1.48 bits per heavy atom. The molecule has 0 aromatic heterocycles. The Hall–Kier alpha value is -3.16. The van der Waals surface area contributed by atoms with Gasteiger partial charge in [-0.25, -0.2) is 4.79 Å². The van der Waals surface area contributed by atoms with E-state index in [1.165, 1.54) is 13.8 Å². The van der Waals surface area contributed by atoms with E-state index in [0.29, 0.717) is 12.1 Å². The van der Waals surface area contributed by atoms with E-state index in [4.69, 9.17) is 0 Å². The van der Waals surface area contributed by atoms with Gasteiger partial charge in [-0.15, -0.1) is 0 Å². The summed E-state index contributed by atoms with van der Waals surface area (Å²) in [6.07, 6.45) is -9.50. The molecule has 0 unspecified atom stereocenters. The standard InChI is InChI=1S/C19H12F17NO3/c1-7(2)39-12(38)37-8-3-5-9(6-4-8)40-11(21)10(20)13(22,23)14(24,25)15(26,27)16(28,29)17(30,31)18(32,33)19(34,35)36/h3-7H,1-2H3,(H,37,38). The van der Waals surface area contributed by atoms with Crippen molar-refractivity contribution in [2.45, 2.75) is 61.7 Å². The first-order chi connectivity index (χ1) is 17.6. The van der Waals surface area contributed by atoms with E-state index in [9.17, 15) is 79.4 Å². The molecule has 0 aliphatic carbocycles. The summed E-state index contributed by atoms with van der Waals surface area (Å²) in [6.45, 7) is 2.86. The molecule has 4 nitrogen and oxygen atoms in total. The predicted molar refractivity (Wildman–Crippen MR) is 97.3 cm³/mol. The summed E-state index contributed by atoms with van der Waals surface area (Å²) in [4.78, 5) is 11.4. The van der Waals surface area contributed by atoms with Crippen LogP contribution in [0.1, 0.15) is 13.8 Å². The maximum atomic E-state index is 13.8. The fraction of sp³-hybridized carbons (Fsp3) is 0.526. The van der Waals surface area contributed by atoms with Gasteiger partial charge in [0.15, 0.2) is 0 Å². The van der Waals surface area contributed by atoms with Crippen LogP contribution in [0.5, 0.6) is 5.75 Å². The first-order valence-corrected chi connectivity index (χ1v) is 9.74. The van der Waals surface area contributed by atoms with E-state index in [0.717, 1.165) is 12.1 Å². The molecule has 0 atom stereocenters. The molecular weight excluding hydrogens is 613 g/mol. The van der Waals surface area contributed by atoms with Gasteiger partial charge in [0, 0.05) is 5.69 Å². The number of amides is 1. The van der Waals surface area contributed by atoms with Gasteiger partial charge in [-0.2, -0.15) is 74.6 Å². The molecule has 0 bridgehead atoms. The lowest BCUT2D eigenvalue weighted by atomic mass is 9.91. The lowest BCUT2D eigenvalue weighted by Gasteiger charge is -2.41. The highest BCUT2D eigenvalue weighted by atomic mass is 19.4. The van der Waals surface area contributed by atoms with Crippen molar-refractivity contribution in [1.82, 2.24) is 0 Å². The maximum absolute atomic E-state index is 13.8. The van der Waals surface area contributed by atoms with Crippen LogP contribution in [0.15, 0.2) is 36.1 Å². The summed E-state index contributed by atoms with van der Waals surface area (Å²) in [7, 11) is 0. The third-order valence-electron chi connectivity index (χ3n) is 4.43. The fourth-order valence-corrected chi connectivity index (χ4v) is 2.34. The number of anilines is 1. The summed E-state index contributed by atoms with van der Waals surface area (Å²) in [6, 6.07) is -1.14. The zero-order valence-electron chi connectivity index (χ0n) is 19.0. The van der Waals surface area contributed by atoms with Crippen LogP contribution in [-0.2, 0) is 4.74 Å². The van der Waals surface area contributed by atoms with E-state index in [2.05, 4.69) is 9.47 Å². The molecule has 230 valence electrons. The smallest absolute Gasteiger partial charge is 0.447 e. The van der Waals surface area contributed by atoms with Crippen LogP contribution < -0.4 is 10.1 Å². The zero-order chi connectivity index (χ0) is 31.9. The average molecular weight is 625 g/mol. The highest BCUT2D eigenvalue weighted by molar-refractivity contribution is 5.84. The number of hydrogen-bond donors (Lipinski definition) is 1. The largest absolute Gasteiger partial charge is 0.460 e. The number of rotatable bonds is 10. The van der Waals surface area contributed by atoms with Gasteiger partial charge < -0.3 is 9.47 Å². The lowest BCUT2D eigenvalue weighted by Crippen LogP contribution is -2.72. The van der Waals surface area contributed by atoms with Crippen LogP contribution in [0.3, 0.4) is 0 Å². The van der Waals surface area contributed by atoms with Gasteiger partial charge in [-0.1, -0.05) is 0 Å². The molecule has 0 radical (unpaired) electrons. The van der Waals surface area contributed by atoms with Crippen molar-refractivity contribution in [3.05, 3.63) is 36.1 Å². The van der Waals surface area contributed by atoms with Crippen LogP contribution in [-0.4, -0.2) is 53.9 Å². The highest BCUT2D eigenvalue weighted by Crippen LogP contribution is 2.63. The van der Waals surface area contributed by atoms with E-state index >= 15 is 0 Å². The van der Waals surface area contributed by atoms with E-state index in [1.807, 2.05) is 5.32 Å². The highest BCUT2D eigenvalue weighted by Gasteiger charge is 2.93. The van der Waals surface area contributed by atoms with Crippen LogP contribution in [0.4, 0.5) is 85.1 Å². The average Bonchev–Trinajstić information content (AvgIpc) is 2.77. The normalized spacial score (nSPS) is 15.1. The third-order valence-corrected chi connectivity index (χ3v) is 4.43. The lowest BCUT2D eigenvalue weighted by molar-refractivity contribution is -0.451. The quantitative estimate of drug-likeness (QED) is 0.210. The molecule has 0 saturated heterocycles. The van der Waals surface area contributed by atoms with Gasteiger partial charge in [-0.3, -0.25) is 5.32 Å². The molecule has 1 N–H and O–H groups in total. The monoisotopic (exact) mass is 625 g/mol. The molecule has 0 fully saturated rings. The molecule has 0 aliphatic rings. The zero-order valence-corrected chi connectivity index (χ0v) is 19.0. The number of benzene rings is 1. The molecule has 1 aromatic rings. The summed E-state index contributed by atoms with van der Waals surface area (Å²) in [5, 5.41) is 2.03. The third kappa shape index (κ3) is 5.81. The van der Waals surface area contributed by atoms with Crippen molar-refractivity contribution < 1.29 is 88.9 Å². The number of allylic oxidation sites excluding steroid dienone is 1. The molecule has 40 heavy (non-hydrogen) atoms. The predicted octanol–water partition coefficient (Wildman–Crippen LogP) is 8.50. The molecule has 1 amide bonds. The second-order valence-corrected chi connectivity index (χ2v) is 7.74. The van der Waals surface area contributed by atoms with Crippen LogP contribution in [0.2, 0.25) is 0 Å². The Kier molecular flexibility index (Phi) is 9.30. The second kappa shape index (κ2) is 10.7. The van der Waals surface area contributed by atoms with Crippen molar-refractivity contribution in [3.63, 3.8) is 0 Å². The summed E-state index contributed by atoms with van der Waals surface area (Å²) in [5.41, 5.74) is -0.210. The fourth-order valence-electron chi connectivity index (χ4n) is 2.34. The Bertz CT molecular complexity index is 1090. The topological polar surface area (TPSA) is 47.6 Å². The number of carbonyl (C=O) groups is 1. The van der Waals surface area contributed by atoms with Gasteiger partial charge in [0.2, 0.25) is 5.83 Å². The minimum Gasteiger partial charge on any atom is -0.447 e. The Balaban J connectivity index is 3.39. The number of carbonyl (C=O) groups excluding carboxylic acids is 1. The Morgan fingerprint density at radius 1 is 0.675 bits per heavy atom. The van der Waals surface area contributed by atoms with Gasteiger partial charge in [0.1, 0.15) is 5.75 Å². The summed E-state index contributed by atoms with van der Waals surface area (Å²) in [5.74, 6) is -55.6. The molecule has 0 aliphatic heterocycles. The van der Waals surface area contributed by atoms with Gasteiger partial charge in [-0.05, 0) is 38.1 Å². The maximum Gasteiger partial charge on any atom is 0.460 e. The van der Waals surface area contributed by atoms with Crippen LogP contribution in [0, 0.1) is 0 Å². The molecule has 21 heteroatoms. The van der Waals surface area contributed by atoms with Crippen molar-refractivity contribution in [1.29, 1.82) is 0 Å². The van der Waals surface area contributed by atoms with Crippen molar-refractivity contribution in [2.24, 2.45) is 0 Å². The number of nitrogens with one attached hydrogen (secondary N) is 1. The Labute approximate surface area is 210 Å². The molecule has 0 spiro atoms. The van der Waals surface area contributed by atoms with E-state index < -0.39 is 71.5 Å². The number of alkyl halides is 15. The minimum atomic E-state index is -8.66. The van der Waals surface area contributed by atoms with E-state index in [1.54, 1.807) is 0 Å². The van der Waals surface area contributed by atoms with Crippen molar-refractivity contribution in [3.8, 4) is 5.75 Å². The first kappa shape index (κ1) is 34.9. The number of ether oxygens (including phenoxy) is 2. The van der Waals surface area contributed by atoms with Gasteiger partial charge >= 0.3 is 53.8 Å². The van der Waals surface area contributed by atoms with E-state index in [-0.39, 0.29) is 5.69 Å². The van der Waals surface area contributed by atoms with Gasteiger partial charge in [0.25, 0.3) is 0 Å². The molecule has 0 saturated carbocycles. The summed E-state index contributed by atoms with van der Waals surface area (Å²) < 4.78 is 233. The summed E-state index contributed by atoms with van der Waals surface area (Å²) >= 11 is 0. The molecule has 1 rings (SSSR count). The number of halogens is 17. The molecular formula is C19H12F17NO3.